The molecule has 1 aliphatic rings. The number of amides is 1. The van der Waals surface area contributed by atoms with Gasteiger partial charge >= 0.3 is 17.9 Å². The first-order chi connectivity index (χ1) is 39.7. The third-order valence-electron chi connectivity index (χ3n) is 15.2. The van der Waals surface area contributed by atoms with Crippen LogP contribution >= 0.6 is 0 Å². The van der Waals surface area contributed by atoms with Crippen LogP contribution < -0.4 is 5.32 Å². The second-order valence-electron chi connectivity index (χ2n) is 22.1. The highest BCUT2D eigenvalue weighted by Crippen LogP contribution is 2.29. The molecule has 1 aliphatic heterocycles. The van der Waals surface area contributed by atoms with Crippen molar-refractivity contribution >= 4 is 23.8 Å². The number of hydrogen-bond acceptors (Lipinski definition) is 11. The number of allylic oxidation sites excluding steroid dienone is 3. The van der Waals surface area contributed by atoms with Crippen molar-refractivity contribution in [1.82, 2.24) is 5.32 Å². The Morgan fingerprint density at radius 3 is 1.32 bits per heavy atom. The van der Waals surface area contributed by atoms with Crippen molar-refractivity contribution in [2.75, 3.05) is 13.2 Å². The molecule has 1 heterocycles. The van der Waals surface area contributed by atoms with Gasteiger partial charge in [-0.2, -0.15) is 0 Å². The summed E-state index contributed by atoms with van der Waals surface area (Å²) in [5.74, 6) is -2.47. The van der Waals surface area contributed by atoms with E-state index in [-0.39, 0.29) is 30.1 Å². The first kappa shape index (κ1) is 68.4. The molecule has 3 aromatic rings. The number of rotatable bonds is 46. The van der Waals surface area contributed by atoms with E-state index in [0.29, 0.717) is 12.0 Å². The average molecular weight is 1120 g/mol. The van der Waals surface area contributed by atoms with E-state index < -0.39 is 67.4 Å². The normalized spacial score (nSPS) is 18.0. The van der Waals surface area contributed by atoms with Gasteiger partial charge in [-0.25, -0.2) is 14.4 Å². The Labute approximate surface area is 487 Å². The van der Waals surface area contributed by atoms with E-state index >= 15 is 0 Å². The quantitative estimate of drug-likeness (QED) is 0.0213. The van der Waals surface area contributed by atoms with Crippen LogP contribution in [0.2, 0.25) is 0 Å². The lowest BCUT2D eigenvalue weighted by atomic mass is 9.98. The summed E-state index contributed by atoms with van der Waals surface area (Å²) < 4.78 is 30.7. The first-order valence-electron chi connectivity index (χ1n) is 31.7. The Kier molecular flexibility index (Phi) is 37.5. The highest BCUT2D eigenvalue weighted by molar-refractivity contribution is 5.91. The molecule has 4 rings (SSSR count). The van der Waals surface area contributed by atoms with E-state index in [0.717, 1.165) is 44.9 Å². The number of aliphatic hydroxyl groups excluding tert-OH is 2. The fraction of sp³-hybridized carbons (Fsp3) is 0.623. The highest BCUT2D eigenvalue weighted by atomic mass is 16.7. The van der Waals surface area contributed by atoms with Crippen LogP contribution in [0.1, 0.15) is 250 Å². The zero-order chi connectivity index (χ0) is 57.8. The number of hydrogen-bond donors (Lipinski definition) is 3. The van der Waals surface area contributed by atoms with E-state index in [1.54, 1.807) is 91.0 Å². The highest BCUT2D eigenvalue weighted by Gasteiger charge is 2.51. The number of benzene rings is 3. The molecule has 0 aliphatic carbocycles. The smallest absolute Gasteiger partial charge is 0.338 e. The molecule has 1 amide bonds. The van der Waals surface area contributed by atoms with Crippen LogP contribution in [-0.4, -0.2) is 90.1 Å². The maximum atomic E-state index is 14.0. The minimum atomic E-state index is -1.64. The van der Waals surface area contributed by atoms with E-state index in [1.165, 1.54) is 148 Å². The van der Waals surface area contributed by atoms with Crippen LogP contribution in [0.15, 0.2) is 115 Å². The van der Waals surface area contributed by atoms with Gasteiger partial charge in [0.1, 0.15) is 18.3 Å². The monoisotopic (exact) mass is 1120 g/mol. The number of carbonyl (C=O) groups is 4. The Morgan fingerprint density at radius 1 is 0.506 bits per heavy atom. The van der Waals surface area contributed by atoms with Crippen LogP contribution in [-0.2, 0) is 28.5 Å². The number of esters is 3. The summed E-state index contributed by atoms with van der Waals surface area (Å²) in [6.45, 7) is 3.47. The van der Waals surface area contributed by atoms with Gasteiger partial charge in [-0.1, -0.05) is 241 Å². The van der Waals surface area contributed by atoms with Crippen molar-refractivity contribution in [3.8, 4) is 0 Å². The Morgan fingerprint density at radius 2 is 0.889 bits per heavy atom. The lowest BCUT2D eigenvalue weighted by molar-refractivity contribution is -0.300. The van der Waals surface area contributed by atoms with Gasteiger partial charge in [0.05, 0.1) is 35.9 Å². The third-order valence-corrected chi connectivity index (χ3v) is 15.2. The van der Waals surface area contributed by atoms with E-state index in [2.05, 4.69) is 31.3 Å². The molecule has 1 fully saturated rings. The Bertz CT molecular complexity index is 2130. The molecule has 1 saturated heterocycles. The summed E-state index contributed by atoms with van der Waals surface area (Å²) in [6.07, 6.45) is 37.2. The number of ether oxygens (including phenoxy) is 5. The van der Waals surface area contributed by atoms with Crippen LogP contribution in [0.25, 0.3) is 0 Å². The molecule has 0 saturated carbocycles. The first-order valence-corrected chi connectivity index (χ1v) is 31.7. The summed E-state index contributed by atoms with van der Waals surface area (Å²) >= 11 is 0. The van der Waals surface area contributed by atoms with Crippen molar-refractivity contribution < 1.29 is 53.1 Å². The molecule has 0 bridgehead atoms. The van der Waals surface area contributed by atoms with Crippen molar-refractivity contribution in [1.29, 1.82) is 0 Å². The maximum absolute atomic E-state index is 14.0. The van der Waals surface area contributed by atoms with Crippen LogP contribution in [0.5, 0.6) is 0 Å². The van der Waals surface area contributed by atoms with Crippen molar-refractivity contribution in [3.63, 3.8) is 0 Å². The average Bonchev–Trinajstić information content (AvgIpc) is 3.67. The zero-order valence-electron chi connectivity index (χ0n) is 49.6. The molecule has 0 aromatic heterocycles. The number of nitrogens with one attached hydrogen (secondary N) is 1. The summed E-state index contributed by atoms with van der Waals surface area (Å²) in [5, 5.41) is 25.2. The van der Waals surface area contributed by atoms with Crippen molar-refractivity contribution in [2.24, 2.45) is 0 Å². The van der Waals surface area contributed by atoms with Gasteiger partial charge in [-0.3, -0.25) is 4.79 Å². The molecule has 3 aromatic carbocycles. The molecule has 12 nitrogen and oxygen atoms in total. The van der Waals surface area contributed by atoms with Gasteiger partial charge in [0, 0.05) is 6.42 Å². The largest absolute Gasteiger partial charge is 0.452 e. The molecule has 81 heavy (non-hydrogen) atoms. The second kappa shape index (κ2) is 44.4. The van der Waals surface area contributed by atoms with Gasteiger partial charge < -0.3 is 39.2 Å². The minimum Gasteiger partial charge on any atom is -0.452 e. The molecule has 3 N–H and O–H groups in total. The van der Waals surface area contributed by atoms with Crippen LogP contribution in [0, 0.1) is 0 Å². The zero-order valence-corrected chi connectivity index (χ0v) is 49.6. The Hall–Kier alpha value is -5.14. The molecule has 7 atom stereocenters. The Balaban J connectivity index is 1.41. The summed E-state index contributed by atoms with van der Waals surface area (Å²) in [7, 11) is 0. The third kappa shape index (κ3) is 29.6. The fourth-order valence-corrected chi connectivity index (χ4v) is 10.3. The molecular formula is C69H103NO11. The van der Waals surface area contributed by atoms with Gasteiger partial charge in [0.25, 0.3) is 0 Å². The minimum absolute atomic E-state index is 0.182. The molecule has 450 valence electrons. The molecule has 0 unspecified atom stereocenters. The summed E-state index contributed by atoms with van der Waals surface area (Å²) in [4.78, 5) is 55.2. The van der Waals surface area contributed by atoms with E-state index in [4.69, 9.17) is 23.7 Å². The number of unbranched alkanes of at least 4 members (excludes halogenated alkanes) is 28. The van der Waals surface area contributed by atoms with E-state index in [1.807, 2.05) is 12.1 Å². The second-order valence-corrected chi connectivity index (χ2v) is 22.1. The number of carbonyl (C=O) groups excluding carboxylic acids is 4. The maximum Gasteiger partial charge on any atom is 0.338 e. The van der Waals surface area contributed by atoms with Crippen LogP contribution in [0.4, 0.5) is 0 Å². The SMILES string of the molecule is CCCCCCCC/C=C/CCCCCCCCCCCCCC(=O)N[C@@H](CO[C@H]1O[C@H](CO)[C@H](O)[C@H](OC(=O)c2ccccc2)[C@H]1OC(=O)c1ccccc1)[C@@H](/C=C/CCCCCCCCCCCCC)OC(=O)c1ccccc1. The molecule has 12 heteroatoms. The predicted molar refractivity (Wildman–Crippen MR) is 324 cm³/mol. The van der Waals surface area contributed by atoms with Gasteiger partial charge in [-0.05, 0) is 87.4 Å². The van der Waals surface area contributed by atoms with Gasteiger partial charge in [0.15, 0.2) is 18.5 Å². The summed E-state index contributed by atoms with van der Waals surface area (Å²) in [5.41, 5.74) is 0.695. The van der Waals surface area contributed by atoms with Crippen molar-refractivity contribution in [2.45, 2.75) is 262 Å². The molecular weight excluding hydrogens is 1020 g/mol. The standard InChI is InChI=1S/C69H103NO11/c1-3-5-7-9-11-13-15-17-18-19-20-21-22-23-24-26-28-30-32-34-45-53-62(72)70-59(60(78-66(74)56-46-38-35-39-47-56)52-44-33-31-29-27-25-16-14-12-10-8-6-4-2)55-77-69-65(81-68(76)58-50-42-37-43-51-58)64(63(73)61(54-71)79-69)80-67(75)57-48-40-36-41-49-57/h17-18,35-44,46-52,59-61,63-65,69,71,73H,3-16,19-34,45,53-55H2,1-2H3,(H,70,72)/b18-17+,52-44+/t59-,60+,61+,63-,64-,65+,69-/m0/s1. The lowest BCUT2D eigenvalue weighted by Gasteiger charge is -2.43. The lowest BCUT2D eigenvalue weighted by Crippen LogP contribution is -2.62. The topological polar surface area (TPSA) is 167 Å². The summed E-state index contributed by atoms with van der Waals surface area (Å²) in [6, 6.07) is 24.0. The molecule has 0 radical (unpaired) electrons. The van der Waals surface area contributed by atoms with Crippen molar-refractivity contribution in [3.05, 3.63) is 132 Å². The predicted octanol–water partition coefficient (Wildman–Crippen LogP) is 15.9. The van der Waals surface area contributed by atoms with Gasteiger partial charge in [0.2, 0.25) is 5.91 Å². The van der Waals surface area contributed by atoms with Crippen LogP contribution in [0.3, 0.4) is 0 Å². The fourth-order valence-electron chi connectivity index (χ4n) is 10.3. The molecule has 0 spiro atoms. The number of aliphatic hydroxyl groups is 2. The van der Waals surface area contributed by atoms with Gasteiger partial charge in [-0.15, -0.1) is 0 Å². The van der Waals surface area contributed by atoms with E-state index in [9.17, 15) is 29.4 Å².